The summed E-state index contributed by atoms with van der Waals surface area (Å²) in [7, 11) is 0. The first-order valence-electron chi connectivity index (χ1n) is 7.57. The molecule has 2 nitrogen and oxygen atoms in total. The van der Waals surface area contributed by atoms with Crippen molar-refractivity contribution < 1.29 is 4.42 Å². The number of benzene rings is 1. The van der Waals surface area contributed by atoms with Crippen molar-refractivity contribution in [3.63, 3.8) is 0 Å². The van der Waals surface area contributed by atoms with Gasteiger partial charge in [-0.1, -0.05) is 18.2 Å². The Labute approximate surface area is 121 Å². The Morgan fingerprint density at radius 3 is 2.55 bits per heavy atom. The van der Waals surface area contributed by atoms with Gasteiger partial charge in [0.05, 0.1) is 6.04 Å². The molecule has 3 rings (SSSR count). The second kappa shape index (κ2) is 5.45. The van der Waals surface area contributed by atoms with Crippen LogP contribution in [0, 0.1) is 6.92 Å². The molecular weight excluding hydrogens is 246 g/mol. The Bertz CT molecular complexity index is 599. The van der Waals surface area contributed by atoms with Gasteiger partial charge >= 0.3 is 0 Å². The zero-order chi connectivity index (χ0) is 14.1. The Balaban J connectivity index is 1.71. The molecule has 0 aliphatic heterocycles. The van der Waals surface area contributed by atoms with Crippen molar-refractivity contribution in [3.8, 4) is 0 Å². The molecule has 0 saturated carbocycles. The molecule has 0 amide bonds. The summed E-state index contributed by atoms with van der Waals surface area (Å²) in [6.07, 6.45) is 3.80. The van der Waals surface area contributed by atoms with Crippen molar-refractivity contribution in [2.75, 3.05) is 0 Å². The SMILES string of the molecule is Cc1ccc(C(C)NC(C)c2ccc3c(c2)CCC3)o1. The van der Waals surface area contributed by atoms with Gasteiger partial charge in [-0.3, -0.25) is 0 Å². The van der Waals surface area contributed by atoms with Crippen LogP contribution in [0.3, 0.4) is 0 Å². The quantitative estimate of drug-likeness (QED) is 0.884. The fraction of sp³-hybridized carbons (Fsp3) is 0.444. The van der Waals surface area contributed by atoms with Gasteiger partial charge < -0.3 is 9.73 Å². The molecule has 0 fully saturated rings. The topological polar surface area (TPSA) is 25.2 Å². The van der Waals surface area contributed by atoms with Crippen molar-refractivity contribution in [2.45, 2.75) is 52.1 Å². The molecule has 20 heavy (non-hydrogen) atoms. The molecule has 1 aromatic carbocycles. The van der Waals surface area contributed by atoms with Gasteiger partial charge in [0.2, 0.25) is 0 Å². The summed E-state index contributed by atoms with van der Waals surface area (Å²) < 4.78 is 5.69. The van der Waals surface area contributed by atoms with Crippen molar-refractivity contribution in [1.29, 1.82) is 0 Å². The smallest absolute Gasteiger partial charge is 0.120 e. The van der Waals surface area contributed by atoms with E-state index in [1.165, 1.54) is 36.0 Å². The van der Waals surface area contributed by atoms with Gasteiger partial charge in [0.1, 0.15) is 11.5 Å². The molecule has 2 heteroatoms. The van der Waals surface area contributed by atoms with Crippen LogP contribution >= 0.6 is 0 Å². The highest BCUT2D eigenvalue weighted by atomic mass is 16.3. The molecule has 1 aliphatic rings. The van der Waals surface area contributed by atoms with E-state index in [9.17, 15) is 0 Å². The molecule has 2 aromatic rings. The van der Waals surface area contributed by atoms with Gasteiger partial charge in [0.15, 0.2) is 0 Å². The fourth-order valence-corrected chi connectivity index (χ4v) is 3.10. The fourth-order valence-electron chi connectivity index (χ4n) is 3.10. The molecule has 1 N–H and O–H groups in total. The molecule has 1 aliphatic carbocycles. The van der Waals surface area contributed by atoms with Crippen LogP contribution in [0.4, 0.5) is 0 Å². The Hall–Kier alpha value is -1.54. The van der Waals surface area contributed by atoms with E-state index in [0.717, 1.165) is 11.5 Å². The number of furan rings is 1. The second-order valence-electron chi connectivity index (χ2n) is 5.94. The van der Waals surface area contributed by atoms with E-state index in [1.807, 2.05) is 13.0 Å². The molecule has 106 valence electrons. The highest BCUT2D eigenvalue weighted by Crippen LogP contribution is 2.27. The monoisotopic (exact) mass is 269 g/mol. The summed E-state index contributed by atoms with van der Waals surface area (Å²) in [5.41, 5.74) is 4.45. The van der Waals surface area contributed by atoms with E-state index < -0.39 is 0 Å². The summed E-state index contributed by atoms with van der Waals surface area (Å²) in [4.78, 5) is 0. The summed E-state index contributed by atoms with van der Waals surface area (Å²) in [6.45, 7) is 6.37. The number of aryl methyl sites for hydroxylation is 3. The van der Waals surface area contributed by atoms with Crippen LogP contribution in [-0.2, 0) is 12.8 Å². The molecule has 1 heterocycles. The minimum absolute atomic E-state index is 0.229. The minimum atomic E-state index is 0.229. The number of fused-ring (bicyclic) bond motifs is 1. The van der Waals surface area contributed by atoms with Crippen LogP contribution in [0.5, 0.6) is 0 Å². The minimum Gasteiger partial charge on any atom is -0.465 e. The Kier molecular flexibility index (Phi) is 3.66. The van der Waals surface area contributed by atoms with E-state index in [4.69, 9.17) is 4.42 Å². The summed E-state index contributed by atoms with van der Waals surface area (Å²) in [6, 6.07) is 11.6. The van der Waals surface area contributed by atoms with Crippen molar-refractivity contribution in [3.05, 3.63) is 58.5 Å². The number of hydrogen-bond acceptors (Lipinski definition) is 2. The molecule has 1 aromatic heterocycles. The lowest BCUT2D eigenvalue weighted by Crippen LogP contribution is -2.22. The molecule has 0 saturated heterocycles. The van der Waals surface area contributed by atoms with Gasteiger partial charge in [-0.05, 0) is 68.9 Å². The van der Waals surface area contributed by atoms with E-state index in [1.54, 1.807) is 0 Å². The van der Waals surface area contributed by atoms with Gasteiger partial charge in [-0.25, -0.2) is 0 Å². The predicted molar refractivity (Wildman–Crippen MR) is 81.9 cm³/mol. The first-order chi connectivity index (χ1) is 9.63. The van der Waals surface area contributed by atoms with Gasteiger partial charge in [0, 0.05) is 6.04 Å². The molecule has 0 bridgehead atoms. The zero-order valence-corrected chi connectivity index (χ0v) is 12.6. The lowest BCUT2D eigenvalue weighted by atomic mass is 10.0. The van der Waals surface area contributed by atoms with Crippen LogP contribution in [0.25, 0.3) is 0 Å². The van der Waals surface area contributed by atoms with Gasteiger partial charge in [-0.15, -0.1) is 0 Å². The number of hydrogen-bond donors (Lipinski definition) is 1. The third-order valence-electron chi connectivity index (χ3n) is 4.31. The van der Waals surface area contributed by atoms with Crippen molar-refractivity contribution in [2.24, 2.45) is 0 Å². The Morgan fingerprint density at radius 1 is 1.00 bits per heavy atom. The predicted octanol–water partition coefficient (Wildman–Crippen LogP) is 4.49. The highest BCUT2D eigenvalue weighted by molar-refractivity contribution is 5.36. The lowest BCUT2D eigenvalue weighted by molar-refractivity contribution is 0.392. The highest BCUT2D eigenvalue weighted by Gasteiger charge is 2.16. The second-order valence-corrected chi connectivity index (χ2v) is 5.94. The first-order valence-corrected chi connectivity index (χ1v) is 7.57. The number of nitrogens with one attached hydrogen (secondary N) is 1. The molecule has 0 radical (unpaired) electrons. The molecular formula is C18H23NO. The third kappa shape index (κ3) is 2.66. The summed E-state index contributed by atoms with van der Waals surface area (Å²) in [5, 5.41) is 3.62. The molecule has 2 atom stereocenters. The maximum Gasteiger partial charge on any atom is 0.120 e. The average Bonchev–Trinajstić information content (AvgIpc) is 3.05. The van der Waals surface area contributed by atoms with Crippen LogP contribution in [0.15, 0.2) is 34.7 Å². The maximum atomic E-state index is 5.69. The first kappa shape index (κ1) is 13.4. The third-order valence-corrected chi connectivity index (χ3v) is 4.31. The standard InChI is InChI=1S/C18H23NO/c1-12-7-10-18(20-12)14(3)19-13(2)16-9-8-15-5-4-6-17(15)11-16/h7-11,13-14,19H,4-6H2,1-3H3. The zero-order valence-electron chi connectivity index (χ0n) is 12.6. The average molecular weight is 269 g/mol. The normalized spacial score (nSPS) is 16.9. The van der Waals surface area contributed by atoms with Crippen LogP contribution in [0.1, 0.15) is 60.6 Å². The number of rotatable bonds is 4. The van der Waals surface area contributed by atoms with Gasteiger partial charge in [0.25, 0.3) is 0 Å². The molecule has 0 spiro atoms. The maximum absolute atomic E-state index is 5.69. The van der Waals surface area contributed by atoms with Gasteiger partial charge in [-0.2, -0.15) is 0 Å². The lowest BCUT2D eigenvalue weighted by Gasteiger charge is -2.19. The van der Waals surface area contributed by atoms with E-state index in [-0.39, 0.29) is 6.04 Å². The van der Waals surface area contributed by atoms with E-state index in [0.29, 0.717) is 6.04 Å². The Morgan fingerprint density at radius 2 is 1.80 bits per heavy atom. The molecule has 2 unspecified atom stereocenters. The van der Waals surface area contributed by atoms with Crippen LogP contribution < -0.4 is 5.32 Å². The summed E-state index contributed by atoms with van der Waals surface area (Å²) in [5.74, 6) is 1.98. The van der Waals surface area contributed by atoms with Crippen molar-refractivity contribution >= 4 is 0 Å². The summed E-state index contributed by atoms with van der Waals surface area (Å²) >= 11 is 0. The van der Waals surface area contributed by atoms with E-state index in [2.05, 4.69) is 43.4 Å². The van der Waals surface area contributed by atoms with Crippen LogP contribution in [0.2, 0.25) is 0 Å². The van der Waals surface area contributed by atoms with E-state index >= 15 is 0 Å². The van der Waals surface area contributed by atoms with Crippen molar-refractivity contribution in [1.82, 2.24) is 5.32 Å². The van der Waals surface area contributed by atoms with Crippen LogP contribution in [-0.4, -0.2) is 0 Å². The largest absolute Gasteiger partial charge is 0.465 e.